The molecule has 1 aromatic carbocycles. The third kappa shape index (κ3) is 2.14. The third-order valence-corrected chi connectivity index (χ3v) is 3.41. The molecule has 3 heteroatoms. The van der Waals surface area contributed by atoms with E-state index < -0.39 is 0 Å². The van der Waals surface area contributed by atoms with Crippen LogP contribution in [0.15, 0.2) is 18.2 Å². The Morgan fingerprint density at radius 2 is 2.12 bits per heavy atom. The molecule has 2 rings (SSSR count). The predicted octanol–water partition coefficient (Wildman–Crippen LogP) is 2.07. The second-order valence-corrected chi connectivity index (χ2v) is 4.30. The number of nitrogens with zero attached hydrogens (tertiary/aromatic N) is 1. The Kier molecular flexibility index (Phi) is 3.34. The number of aromatic hydroxyl groups is 1. The van der Waals surface area contributed by atoms with Gasteiger partial charge in [-0.2, -0.15) is 0 Å². The van der Waals surface area contributed by atoms with Gasteiger partial charge in [0, 0.05) is 24.3 Å². The Hall–Kier alpha value is -1.22. The van der Waals surface area contributed by atoms with Crippen molar-refractivity contribution in [2.45, 2.75) is 26.3 Å². The van der Waals surface area contributed by atoms with E-state index in [1.807, 2.05) is 12.1 Å². The second kappa shape index (κ2) is 4.74. The van der Waals surface area contributed by atoms with E-state index >= 15 is 0 Å². The molecule has 0 amide bonds. The molecule has 1 aromatic rings. The average molecular weight is 220 g/mol. The van der Waals surface area contributed by atoms with Crippen LogP contribution in [0.3, 0.4) is 0 Å². The predicted molar refractivity (Wildman–Crippen MR) is 67.0 cm³/mol. The molecule has 1 unspecified atom stereocenters. The first-order valence-electron chi connectivity index (χ1n) is 6.04. The molecule has 0 fully saturated rings. The van der Waals surface area contributed by atoms with Gasteiger partial charge in [-0.05, 0) is 31.1 Å². The van der Waals surface area contributed by atoms with Crippen LogP contribution in [0.1, 0.15) is 19.4 Å². The highest BCUT2D eigenvalue weighted by Gasteiger charge is 2.22. The van der Waals surface area contributed by atoms with E-state index in [2.05, 4.69) is 24.1 Å². The number of benzene rings is 1. The molecule has 1 aliphatic heterocycles. The summed E-state index contributed by atoms with van der Waals surface area (Å²) in [4.78, 5) is 2.47. The Labute approximate surface area is 97.1 Å². The zero-order chi connectivity index (χ0) is 11.5. The summed E-state index contributed by atoms with van der Waals surface area (Å²) in [7, 11) is 0. The summed E-state index contributed by atoms with van der Waals surface area (Å²) in [5, 5.41) is 12.8. The van der Waals surface area contributed by atoms with Gasteiger partial charge in [-0.25, -0.2) is 0 Å². The highest BCUT2D eigenvalue weighted by molar-refractivity contribution is 5.57. The van der Waals surface area contributed by atoms with Crippen molar-refractivity contribution in [1.29, 1.82) is 0 Å². The first-order chi connectivity index (χ1) is 7.74. The Bertz CT molecular complexity index is 361. The summed E-state index contributed by atoms with van der Waals surface area (Å²) in [6.45, 7) is 7.57. The van der Waals surface area contributed by atoms with Crippen LogP contribution in [0.5, 0.6) is 5.75 Å². The maximum absolute atomic E-state index is 9.41. The summed E-state index contributed by atoms with van der Waals surface area (Å²) < 4.78 is 0. The molecule has 0 saturated heterocycles. The molecule has 1 atom stereocenters. The van der Waals surface area contributed by atoms with Crippen LogP contribution < -0.4 is 5.32 Å². The van der Waals surface area contributed by atoms with Gasteiger partial charge in [0.05, 0.1) is 0 Å². The van der Waals surface area contributed by atoms with Gasteiger partial charge in [0.1, 0.15) is 5.75 Å². The highest BCUT2D eigenvalue weighted by Crippen LogP contribution is 2.27. The number of likely N-dealkylation sites (N-methyl/N-ethyl adjacent to an activating group) is 1. The second-order valence-electron chi connectivity index (χ2n) is 4.30. The molecule has 0 bridgehead atoms. The van der Waals surface area contributed by atoms with Crippen LogP contribution >= 0.6 is 0 Å². The van der Waals surface area contributed by atoms with E-state index in [-0.39, 0.29) is 0 Å². The first-order valence-corrected chi connectivity index (χ1v) is 6.04. The highest BCUT2D eigenvalue weighted by atomic mass is 16.3. The lowest BCUT2D eigenvalue weighted by Gasteiger charge is -2.34. The van der Waals surface area contributed by atoms with Gasteiger partial charge in [-0.3, -0.25) is 4.90 Å². The molecule has 2 N–H and O–H groups in total. The molecule has 16 heavy (non-hydrogen) atoms. The number of anilines is 1. The molecule has 0 saturated carbocycles. The average Bonchev–Trinajstić information content (AvgIpc) is 2.31. The maximum atomic E-state index is 9.41. The van der Waals surface area contributed by atoms with E-state index in [0.29, 0.717) is 11.8 Å². The van der Waals surface area contributed by atoms with Crippen LogP contribution in [-0.2, 0) is 6.42 Å². The number of phenolic OH excluding ortho intramolecular Hbond substituents is 1. The SMILES string of the molecule is CCN(CC)C1CNc2cc(O)ccc2C1. The van der Waals surface area contributed by atoms with Gasteiger partial charge in [0.2, 0.25) is 0 Å². The fourth-order valence-corrected chi connectivity index (χ4v) is 2.46. The van der Waals surface area contributed by atoms with E-state index in [4.69, 9.17) is 0 Å². The van der Waals surface area contributed by atoms with Crippen LogP contribution in [0, 0.1) is 0 Å². The minimum Gasteiger partial charge on any atom is -0.508 e. The lowest BCUT2D eigenvalue weighted by molar-refractivity contribution is 0.221. The number of hydrogen-bond acceptors (Lipinski definition) is 3. The van der Waals surface area contributed by atoms with Crippen LogP contribution in [-0.4, -0.2) is 35.7 Å². The zero-order valence-corrected chi connectivity index (χ0v) is 10.0. The number of rotatable bonds is 3. The minimum absolute atomic E-state index is 0.340. The summed E-state index contributed by atoms with van der Waals surface area (Å²) in [5.74, 6) is 0.340. The van der Waals surface area contributed by atoms with Gasteiger partial charge in [0.25, 0.3) is 0 Å². The first kappa shape index (κ1) is 11.3. The van der Waals surface area contributed by atoms with Crippen molar-refractivity contribution in [3.63, 3.8) is 0 Å². The van der Waals surface area contributed by atoms with Crippen LogP contribution in [0.25, 0.3) is 0 Å². The number of phenols is 1. The molecular weight excluding hydrogens is 200 g/mol. The number of fused-ring (bicyclic) bond motifs is 1. The van der Waals surface area contributed by atoms with E-state index in [0.717, 1.165) is 31.7 Å². The molecule has 0 aliphatic carbocycles. The van der Waals surface area contributed by atoms with Gasteiger partial charge in [0.15, 0.2) is 0 Å². The number of hydrogen-bond donors (Lipinski definition) is 2. The molecule has 0 aromatic heterocycles. The fraction of sp³-hybridized carbons (Fsp3) is 0.538. The van der Waals surface area contributed by atoms with Crippen LogP contribution in [0.4, 0.5) is 5.69 Å². The normalized spacial score (nSPS) is 19.3. The fourth-order valence-electron chi connectivity index (χ4n) is 2.46. The molecule has 88 valence electrons. The lowest BCUT2D eigenvalue weighted by Crippen LogP contribution is -2.43. The maximum Gasteiger partial charge on any atom is 0.117 e. The molecule has 0 spiro atoms. The van der Waals surface area contributed by atoms with Gasteiger partial charge in [-0.15, -0.1) is 0 Å². The Balaban J connectivity index is 2.14. The van der Waals surface area contributed by atoms with E-state index in [1.54, 1.807) is 6.07 Å². The van der Waals surface area contributed by atoms with Crippen molar-refractivity contribution in [1.82, 2.24) is 4.90 Å². The van der Waals surface area contributed by atoms with Gasteiger partial charge < -0.3 is 10.4 Å². The van der Waals surface area contributed by atoms with Crippen LogP contribution in [0.2, 0.25) is 0 Å². The van der Waals surface area contributed by atoms with Crippen molar-refractivity contribution in [2.24, 2.45) is 0 Å². The molecular formula is C13H20N2O. The summed E-state index contributed by atoms with van der Waals surface area (Å²) in [6, 6.07) is 6.18. The van der Waals surface area contributed by atoms with Crippen molar-refractivity contribution in [3.05, 3.63) is 23.8 Å². The van der Waals surface area contributed by atoms with Gasteiger partial charge in [-0.1, -0.05) is 19.9 Å². The summed E-state index contributed by atoms with van der Waals surface area (Å²) in [6.07, 6.45) is 1.07. The quantitative estimate of drug-likeness (QED) is 0.818. The van der Waals surface area contributed by atoms with Crippen molar-refractivity contribution in [3.8, 4) is 5.75 Å². The van der Waals surface area contributed by atoms with Crippen molar-refractivity contribution in [2.75, 3.05) is 25.0 Å². The van der Waals surface area contributed by atoms with Crippen molar-refractivity contribution >= 4 is 5.69 Å². The van der Waals surface area contributed by atoms with E-state index in [1.165, 1.54) is 5.56 Å². The lowest BCUT2D eigenvalue weighted by atomic mass is 9.98. The summed E-state index contributed by atoms with van der Waals surface area (Å²) >= 11 is 0. The third-order valence-electron chi connectivity index (χ3n) is 3.41. The monoisotopic (exact) mass is 220 g/mol. The standard InChI is InChI=1S/C13H20N2O/c1-3-15(4-2)11-7-10-5-6-12(16)8-13(10)14-9-11/h5-6,8,11,14,16H,3-4,7,9H2,1-2H3. The molecule has 0 radical (unpaired) electrons. The Morgan fingerprint density at radius 1 is 1.38 bits per heavy atom. The molecule has 3 nitrogen and oxygen atoms in total. The molecule has 1 heterocycles. The topological polar surface area (TPSA) is 35.5 Å². The van der Waals surface area contributed by atoms with Gasteiger partial charge >= 0.3 is 0 Å². The Morgan fingerprint density at radius 3 is 2.81 bits per heavy atom. The molecule has 1 aliphatic rings. The smallest absolute Gasteiger partial charge is 0.117 e. The zero-order valence-electron chi connectivity index (χ0n) is 10.0. The number of nitrogens with one attached hydrogen (secondary N) is 1. The van der Waals surface area contributed by atoms with Crippen molar-refractivity contribution < 1.29 is 5.11 Å². The van der Waals surface area contributed by atoms with E-state index in [9.17, 15) is 5.11 Å². The largest absolute Gasteiger partial charge is 0.508 e. The summed E-state index contributed by atoms with van der Waals surface area (Å²) in [5.41, 5.74) is 2.39. The minimum atomic E-state index is 0.340.